The molecule has 1 atom stereocenters. The van der Waals surface area contributed by atoms with Crippen LogP contribution >= 0.6 is 0 Å². The highest BCUT2D eigenvalue weighted by atomic mass is 16.1. The summed E-state index contributed by atoms with van der Waals surface area (Å²) in [7, 11) is 0. The highest BCUT2D eigenvalue weighted by molar-refractivity contribution is 5.81. The van der Waals surface area contributed by atoms with E-state index in [4.69, 9.17) is 5.73 Å². The first-order valence-corrected chi connectivity index (χ1v) is 4.22. The Morgan fingerprint density at radius 3 is 2.67 bits per heavy atom. The summed E-state index contributed by atoms with van der Waals surface area (Å²) < 4.78 is 0. The van der Waals surface area contributed by atoms with E-state index < -0.39 is 0 Å². The van der Waals surface area contributed by atoms with Gasteiger partial charge in [-0.25, -0.2) is 0 Å². The zero-order chi connectivity index (χ0) is 9.40. The minimum absolute atomic E-state index is 0.0643. The van der Waals surface area contributed by atoms with Crippen LogP contribution in [0.1, 0.15) is 26.7 Å². The summed E-state index contributed by atoms with van der Waals surface area (Å²) >= 11 is 0. The van der Waals surface area contributed by atoms with Crippen molar-refractivity contribution in [1.29, 1.82) is 0 Å². The van der Waals surface area contributed by atoms with Gasteiger partial charge in [0.15, 0.2) is 0 Å². The maximum absolute atomic E-state index is 10.7. The molecule has 2 nitrogen and oxygen atoms in total. The molecule has 2 heteroatoms. The fourth-order valence-corrected chi connectivity index (χ4v) is 0.765. The van der Waals surface area contributed by atoms with Gasteiger partial charge in [0.1, 0.15) is 5.78 Å². The summed E-state index contributed by atoms with van der Waals surface area (Å²) in [5.74, 6) is 0.0643. The molecule has 1 unspecified atom stereocenters. The molecule has 0 aliphatic heterocycles. The largest absolute Gasteiger partial charge is 0.322 e. The molecule has 0 aliphatic carbocycles. The van der Waals surface area contributed by atoms with Crippen molar-refractivity contribution in [2.45, 2.75) is 32.7 Å². The number of carbonyl (C=O) groups excluding carboxylic acids is 1. The van der Waals surface area contributed by atoms with E-state index in [2.05, 4.69) is 0 Å². The van der Waals surface area contributed by atoms with Gasteiger partial charge in [0.2, 0.25) is 0 Å². The van der Waals surface area contributed by atoms with Crippen LogP contribution < -0.4 is 5.73 Å². The van der Waals surface area contributed by atoms with Crippen LogP contribution in [-0.2, 0) is 4.79 Å². The van der Waals surface area contributed by atoms with Crippen LogP contribution in [0.4, 0.5) is 0 Å². The minimum Gasteiger partial charge on any atom is -0.322 e. The van der Waals surface area contributed by atoms with E-state index in [-0.39, 0.29) is 11.8 Å². The first-order valence-electron chi connectivity index (χ1n) is 4.22. The van der Waals surface area contributed by atoms with Gasteiger partial charge in [0, 0.05) is 0 Å². The van der Waals surface area contributed by atoms with Crippen molar-refractivity contribution in [2.24, 2.45) is 5.73 Å². The van der Waals surface area contributed by atoms with Crippen molar-refractivity contribution in [1.82, 2.24) is 0 Å². The van der Waals surface area contributed by atoms with Crippen LogP contribution in [0, 0.1) is 0 Å². The second-order valence-electron chi connectivity index (χ2n) is 2.75. The highest BCUT2D eigenvalue weighted by Gasteiger charge is 2.04. The number of hydrogen-bond acceptors (Lipinski definition) is 2. The summed E-state index contributed by atoms with van der Waals surface area (Å²) in [6, 6.07) is -0.291. The van der Waals surface area contributed by atoms with Crippen molar-refractivity contribution in [3.63, 3.8) is 0 Å². The lowest BCUT2D eigenvalue weighted by molar-refractivity contribution is -0.118. The fraction of sp³-hybridized carbons (Fsp3) is 0.500. The van der Waals surface area contributed by atoms with Crippen molar-refractivity contribution < 1.29 is 4.79 Å². The Morgan fingerprint density at radius 1 is 1.50 bits per heavy atom. The normalized spacial score (nSPS) is 14.2. The molecule has 0 rings (SSSR count). The number of Topliss-reactive ketones (excluding diaryl/α,β-unsaturated/α-hetero) is 1. The minimum atomic E-state index is -0.291. The van der Waals surface area contributed by atoms with Crippen molar-refractivity contribution in [3.8, 4) is 0 Å². The van der Waals surface area contributed by atoms with E-state index in [1.165, 1.54) is 6.92 Å². The van der Waals surface area contributed by atoms with Crippen molar-refractivity contribution >= 4 is 5.78 Å². The lowest BCUT2D eigenvalue weighted by atomic mass is 10.1. The van der Waals surface area contributed by atoms with Gasteiger partial charge >= 0.3 is 0 Å². The van der Waals surface area contributed by atoms with Gasteiger partial charge < -0.3 is 5.73 Å². The second-order valence-corrected chi connectivity index (χ2v) is 2.75. The Balaban J connectivity index is 3.49. The Hall–Kier alpha value is -0.890. The fourth-order valence-electron chi connectivity index (χ4n) is 0.765. The van der Waals surface area contributed by atoms with Gasteiger partial charge in [0.25, 0.3) is 0 Å². The van der Waals surface area contributed by atoms with Crippen LogP contribution in [0.15, 0.2) is 24.3 Å². The molecule has 0 fully saturated rings. The molecule has 0 heterocycles. The van der Waals surface area contributed by atoms with E-state index in [0.29, 0.717) is 0 Å². The number of nitrogens with two attached hydrogens (primary N) is 1. The molecule has 0 aromatic heterocycles. The summed E-state index contributed by atoms with van der Waals surface area (Å²) in [5, 5.41) is 0. The molecule has 0 aromatic rings. The maximum Gasteiger partial charge on any atom is 0.146 e. The topological polar surface area (TPSA) is 43.1 Å². The maximum atomic E-state index is 10.7. The van der Waals surface area contributed by atoms with Crippen LogP contribution in [0.5, 0.6) is 0 Å². The van der Waals surface area contributed by atoms with Crippen molar-refractivity contribution in [2.75, 3.05) is 0 Å². The van der Waals surface area contributed by atoms with Crippen molar-refractivity contribution in [3.05, 3.63) is 24.3 Å². The van der Waals surface area contributed by atoms with Gasteiger partial charge in [-0.1, -0.05) is 24.3 Å². The number of allylic oxidation sites excluding steroid dienone is 4. The zero-order valence-corrected chi connectivity index (χ0v) is 7.79. The molecule has 0 saturated carbocycles. The van der Waals surface area contributed by atoms with E-state index >= 15 is 0 Å². The Morgan fingerprint density at radius 2 is 2.17 bits per heavy atom. The van der Waals surface area contributed by atoms with Crippen LogP contribution in [0.2, 0.25) is 0 Å². The number of rotatable bonds is 5. The average Bonchev–Trinajstić information content (AvgIpc) is 2.03. The zero-order valence-electron chi connectivity index (χ0n) is 7.79. The smallest absolute Gasteiger partial charge is 0.146 e. The molecule has 0 aliphatic rings. The van der Waals surface area contributed by atoms with Crippen LogP contribution in [0.3, 0.4) is 0 Å². The third kappa shape index (κ3) is 5.86. The third-order valence-corrected chi connectivity index (χ3v) is 1.61. The number of carbonyl (C=O) groups is 1. The summed E-state index contributed by atoms with van der Waals surface area (Å²) in [5.41, 5.74) is 5.53. The number of ketones is 1. The lowest BCUT2D eigenvalue weighted by Gasteiger charge is -2.03. The highest BCUT2D eigenvalue weighted by Crippen LogP contribution is 1.96. The summed E-state index contributed by atoms with van der Waals surface area (Å²) in [6.45, 7) is 3.49. The average molecular weight is 167 g/mol. The Kier molecular flexibility index (Phi) is 6.29. The molecule has 0 spiro atoms. The van der Waals surface area contributed by atoms with E-state index in [0.717, 1.165) is 12.8 Å². The molecule has 0 bridgehead atoms. The third-order valence-electron chi connectivity index (χ3n) is 1.61. The van der Waals surface area contributed by atoms with E-state index in [1.807, 2.05) is 31.2 Å². The van der Waals surface area contributed by atoms with E-state index in [1.54, 1.807) is 0 Å². The molecule has 12 heavy (non-hydrogen) atoms. The molecule has 68 valence electrons. The van der Waals surface area contributed by atoms with Crippen LogP contribution in [0.25, 0.3) is 0 Å². The van der Waals surface area contributed by atoms with Crippen LogP contribution in [-0.4, -0.2) is 11.8 Å². The monoisotopic (exact) mass is 167 g/mol. The number of hydrogen-bond donors (Lipinski definition) is 1. The molecule has 0 amide bonds. The predicted molar refractivity (Wildman–Crippen MR) is 51.8 cm³/mol. The Labute approximate surface area is 74.1 Å². The molecular formula is C10H17NO. The molecule has 0 saturated heterocycles. The molecular weight excluding hydrogens is 150 g/mol. The van der Waals surface area contributed by atoms with E-state index in [9.17, 15) is 4.79 Å². The predicted octanol–water partition coefficient (Wildman–Crippen LogP) is 1.82. The lowest BCUT2D eigenvalue weighted by Crippen LogP contribution is -2.27. The molecule has 2 N–H and O–H groups in total. The second kappa shape index (κ2) is 6.80. The standard InChI is InChI=1S/C10H17NO/c1-3-4-5-6-7-8-10(11)9(2)12/h3-6,10H,7-8,11H2,1-2H3/b4-3-,6-5-. The van der Waals surface area contributed by atoms with Gasteiger partial charge in [0.05, 0.1) is 6.04 Å². The molecule has 0 radical (unpaired) electrons. The summed E-state index contributed by atoms with van der Waals surface area (Å²) in [4.78, 5) is 10.7. The van der Waals surface area contributed by atoms with Gasteiger partial charge in [-0.3, -0.25) is 4.79 Å². The first kappa shape index (κ1) is 11.1. The summed E-state index contributed by atoms with van der Waals surface area (Å²) in [6.07, 6.45) is 9.50. The molecule has 0 aromatic carbocycles. The van der Waals surface area contributed by atoms with Gasteiger partial charge in [-0.2, -0.15) is 0 Å². The van der Waals surface area contributed by atoms with Gasteiger partial charge in [-0.15, -0.1) is 0 Å². The SMILES string of the molecule is C/C=C\C=C/CCC(N)C(C)=O. The first-order chi connectivity index (χ1) is 5.68. The van der Waals surface area contributed by atoms with Gasteiger partial charge in [-0.05, 0) is 26.7 Å². The quantitative estimate of drug-likeness (QED) is 0.635. The Bertz CT molecular complexity index is 182.